The molecule has 1 spiro atoms. The molecule has 0 radical (unpaired) electrons. The maximum Gasteiger partial charge on any atom is 0.237 e. The van der Waals surface area contributed by atoms with Gasteiger partial charge in [-0.25, -0.2) is 0 Å². The van der Waals surface area contributed by atoms with Crippen LogP contribution in [-0.2, 0) is 4.79 Å². The molecular weight excluding hydrogens is 324 g/mol. The summed E-state index contributed by atoms with van der Waals surface area (Å²) in [6.45, 7) is 5.98. The van der Waals surface area contributed by atoms with Crippen molar-refractivity contribution >= 4 is 18.3 Å². The van der Waals surface area contributed by atoms with Crippen molar-refractivity contribution in [1.29, 1.82) is 0 Å². The first-order valence-corrected chi connectivity index (χ1v) is 8.65. The Kier molecular flexibility index (Phi) is 5.50. The van der Waals surface area contributed by atoms with Crippen LogP contribution in [-0.4, -0.2) is 17.6 Å². The molecule has 1 unspecified atom stereocenters. The van der Waals surface area contributed by atoms with E-state index in [9.17, 15) is 4.79 Å². The Labute approximate surface area is 150 Å². The second kappa shape index (κ2) is 6.93. The van der Waals surface area contributed by atoms with Gasteiger partial charge >= 0.3 is 0 Å². The van der Waals surface area contributed by atoms with Gasteiger partial charge in [0.1, 0.15) is 11.4 Å². The highest BCUT2D eigenvalue weighted by molar-refractivity contribution is 5.85. The zero-order chi connectivity index (χ0) is 16.7. The summed E-state index contributed by atoms with van der Waals surface area (Å²) in [7, 11) is 0. The Bertz CT molecular complexity index is 591. The largest absolute Gasteiger partial charge is 0.487 e. The molecule has 1 aliphatic carbocycles. The molecule has 2 atom stereocenters. The molecule has 1 fully saturated rings. The molecule has 1 aliphatic heterocycles. The van der Waals surface area contributed by atoms with Gasteiger partial charge in [0.25, 0.3) is 0 Å². The number of halogens is 1. The van der Waals surface area contributed by atoms with Crippen LogP contribution in [0.4, 0.5) is 0 Å². The van der Waals surface area contributed by atoms with Gasteiger partial charge in [0.15, 0.2) is 0 Å². The summed E-state index contributed by atoms with van der Waals surface area (Å²) in [5.41, 5.74) is 6.84. The van der Waals surface area contributed by atoms with Crippen molar-refractivity contribution in [3.8, 4) is 5.75 Å². The molecule has 0 saturated heterocycles. The summed E-state index contributed by atoms with van der Waals surface area (Å²) >= 11 is 0. The Hall–Kier alpha value is -1.26. The Balaban J connectivity index is 0.00000208. The monoisotopic (exact) mass is 352 g/mol. The Morgan fingerprint density at radius 3 is 2.54 bits per heavy atom. The summed E-state index contributed by atoms with van der Waals surface area (Å²) in [6.07, 6.45) is 5.37. The number of hydrogen-bond acceptors (Lipinski definition) is 3. The SMILES string of the molecule is CC(C)(C)[C@H](N)C(=O)NC1CC2(CCCC2)Oc2ccccc21.Cl. The van der Waals surface area contributed by atoms with Crippen LogP contribution in [0.3, 0.4) is 0 Å². The van der Waals surface area contributed by atoms with Crippen molar-refractivity contribution in [2.45, 2.75) is 70.6 Å². The van der Waals surface area contributed by atoms with Gasteiger partial charge in [-0.3, -0.25) is 4.79 Å². The Morgan fingerprint density at radius 1 is 1.29 bits per heavy atom. The second-order valence-corrected chi connectivity index (χ2v) is 8.14. The molecule has 4 nitrogen and oxygen atoms in total. The lowest BCUT2D eigenvalue weighted by Gasteiger charge is -2.41. The van der Waals surface area contributed by atoms with E-state index in [1.165, 1.54) is 12.8 Å². The fourth-order valence-corrected chi connectivity index (χ4v) is 3.73. The number of ether oxygens (including phenoxy) is 1. The van der Waals surface area contributed by atoms with Crippen molar-refractivity contribution in [2.75, 3.05) is 0 Å². The second-order valence-electron chi connectivity index (χ2n) is 8.14. The van der Waals surface area contributed by atoms with Gasteiger partial charge in [0, 0.05) is 12.0 Å². The number of rotatable bonds is 2. The van der Waals surface area contributed by atoms with Gasteiger partial charge in [-0.1, -0.05) is 39.0 Å². The third-order valence-corrected chi connectivity index (χ3v) is 5.24. The van der Waals surface area contributed by atoms with Crippen LogP contribution in [0.15, 0.2) is 24.3 Å². The third kappa shape index (κ3) is 3.70. The highest BCUT2D eigenvalue weighted by Gasteiger charge is 2.44. The van der Waals surface area contributed by atoms with Gasteiger partial charge in [-0.05, 0) is 37.2 Å². The van der Waals surface area contributed by atoms with Crippen LogP contribution in [0, 0.1) is 5.41 Å². The van der Waals surface area contributed by atoms with Gasteiger partial charge in [-0.2, -0.15) is 0 Å². The first-order chi connectivity index (χ1) is 10.8. The van der Waals surface area contributed by atoms with E-state index in [2.05, 4.69) is 5.32 Å². The Morgan fingerprint density at radius 2 is 1.92 bits per heavy atom. The van der Waals surface area contributed by atoms with Crippen molar-refractivity contribution < 1.29 is 9.53 Å². The van der Waals surface area contributed by atoms with Crippen molar-refractivity contribution in [3.05, 3.63) is 29.8 Å². The van der Waals surface area contributed by atoms with E-state index in [1.54, 1.807) is 0 Å². The number of benzene rings is 1. The molecule has 3 N–H and O–H groups in total. The minimum atomic E-state index is -0.517. The molecule has 0 aromatic heterocycles. The molecular formula is C19H29ClN2O2. The molecule has 1 aromatic rings. The number of nitrogens with one attached hydrogen (secondary N) is 1. The fourth-order valence-electron chi connectivity index (χ4n) is 3.73. The minimum Gasteiger partial charge on any atom is -0.487 e. The standard InChI is InChI=1S/C19H28N2O2.ClH/c1-18(2,3)16(20)17(22)21-14-12-19(10-6-7-11-19)23-15-9-5-4-8-13(14)15;/h4-5,8-9,14,16H,6-7,10-12,20H2,1-3H3,(H,21,22);1H/t14?,16-;/m1./s1. The topological polar surface area (TPSA) is 64.4 Å². The first-order valence-electron chi connectivity index (χ1n) is 8.65. The molecule has 24 heavy (non-hydrogen) atoms. The van der Waals surface area contributed by atoms with Gasteiger partial charge in [0.2, 0.25) is 5.91 Å². The maximum absolute atomic E-state index is 12.6. The van der Waals surface area contributed by atoms with Crippen LogP contribution >= 0.6 is 12.4 Å². The quantitative estimate of drug-likeness (QED) is 0.852. The summed E-state index contributed by atoms with van der Waals surface area (Å²) in [5.74, 6) is 0.836. The summed E-state index contributed by atoms with van der Waals surface area (Å²) in [6, 6.07) is 7.52. The summed E-state index contributed by atoms with van der Waals surface area (Å²) < 4.78 is 6.34. The van der Waals surface area contributed by atoms with E-state index in [1.807, 2.05) is 45.0 Å². The van der Waals surface area contributed by atoms with Crippen molar-refractivity contribution in [2.24, 2.45) is 11.1 Å². The molecule has 2 aliphatic rings. The third-order valence-electron chi connectivity index (χ3n) is 5.24. The van der Waals surface area contributed by atoms with E-state index in [4.69, 9.17) is 10.5 Å². The smallest absolute Gasteiger partial charge is 0.237 e. The predicted molar refractivity (Wildman–Crippen MR) is 98.4 cm³/mol. The lowest BCUT2D eigenvalue weighted by molar-refractivity contribution is -0.125. The molecule has 5 heteroatoms. The number of hydrogen-bond donors (Lipinski definition) is 2. The van der Waals surface area contributed by atoms with Crippen LogP contribution in [0.1, 0.15) is 64.5 Å². The number of amides is 1. The average molecular weight is 353 g/mol. The fraction of sp³-hybridized carbons (Fsp3) is 0.632. The van der Waals surface area contributed by atoms with Gasteiger partial charge in [0.05, 0.1) is 12.1 Å². The van der Waals surface area contributed by atoms with E-state index in [-0.39, 0.29) is 35.4 Å². The van der Waals surface area contributed by atoms with E-state index in [0.717, 1.165) is 30.6 Å². The number of carbonyl (C=O) groups excluding carboxylic acids is 1. The lowest BCUT2D eigenvalue weighted by Crippen LogP contribution is -2.51. The number of nitrogens with two attached hydrogens (primary N) is 1. The van der Waals surface area contributed by atoms with Gasteiger partial charge < -0.3 is 15.8 Å². The molecule has 1 amide bonds. The van der Waals surface area contributed by atoms with Crippen LogP contribution in [0.5, 0.6) is 5.75 Å². The molecule has 0 bridgehead atoms. The molecule has 1 aromatic carbocycles. The van der Waals surface area contributed by atoms with Crippen molar-refractivity contribution in [3.63, 3.8) is 0 Å². The van der Waals surface area contributed by atoms with E-state index in [0.29, 0.717) is 0 Å². The molecule has 1 saturated carbocycles. The van der Waals surface area contributed by atoms with Crippen molar-refractivity contribution in [1.82, 2.24) is 5.32 Å². The zero-order valence-electron chi connectivity index (χ0n) is 14.8. The van der Waals surface area contributed by atoms with Crippen LogP contribution in [0.2, 0.25) is 0 Å². The number of carbonyl (C=O) groups is 1. The van der Waals surface area contributed by atoms with E-state index < -0.39 is 6.04 Å². The number of fused-ring (bicyclic) bond motifs is 1. The summed E-state index contributed by atoms with van der Waals surface area (Å²) in [4.78, 5) is 12.6. The maximum atomic E-state index is 12.6. The predicted octanol–water partition coefficient (Wildman–Crippen LogP) is 3.73. The van der Waals surface area contributed by atoms with Gasteiger partial charge in [-0.15, -0.1) is 12.4 Å². The minimum absolute atomic E-state index is 0. The average Bonchev–Trinajstić information content (AvgIpc) is 2.93. The molecule has 3 rings (SSSR count). The highest BCUT2D eigenvalue weighted by atomic mass is 35.5. The summed E-state index contributed by atoms with van der Waals surface area (Å²) in [5, 5.41) is 3.19. The number of para-hydroxylation sites is 1. The highest BCUT2D eigenvalue weighted by Crippen LogP contribution is 2.47. The van der Waals surface area contributed by atoms with Crippen LogP contribution in [0.25, 0.3) is 0 Å². The first kappa shape index (κ1) is 19.1. The molecule has 1 heterocycles. The molecule has 134 valence electrons. The lowest BCUT2D eigenvalue weighted by atomic mass is 9.84. The van der Waals surface area contributed by atoms with Crippen LogP contribution < -0.4 is 15.8 Å². The zero-order valence-corrected chi connectivity index (χ0v) is 15.6. The normalized spacial score (nSPS) is 22.9. The van der Waals surface area contributed by atoms with E-state index >= 15 is 0 Å².